The van der Waals surface area contributed by atoms with E-state index in [-0.39, 0.29) is 18.1 Å². The van der Waals surface area contributed by atoms with Crippen LogP contribution in [0.15, 0.2) is 36.7 Å². The highest BCUT2D eigenvalue weighted by Crippen LogP contribution is 2.09. The molecule has 0 aliphatic rings. The minimum Gasteiger partial charge on any atom is -0.478 e. The van der Waals surface area contributed by atoms with Crippen molar-refractivity contribution >= 4 is 17.7 Å². The van der Waals surface area contributed by atoms with Gasteiger partial charge in [-0.05, 0) is 24.3 Å². The standard InChI is InChI=1S/C12H12N4O3/c17-11(18)8-1-3-9(4-2-8)16-12(19)15-7-10-13-5-6-14-10/h1-6H,7H2,(H,13,14)(H,17,18)(H2,15,16,19). The van der Waals surface area contributed by atoms with Crippen LogP contribution in [-0.2, 0) is 6.54 Å². The normalized spacial score (nSPS) is 9.89. The summed E-state index contributed by atoms with van der Waals surface area (Å²) >= 11 is 0. The van der Waals surface area contributed by atoms with Crippen LogP contribution < -0.4 is 10.6 Å². The van der Waals surface area contributed by atoms with Crippen LogP contribution in [0.1, 0.15) is 16.2 Å². The molecule has 0 atom stereocenters. The van der Waals surface area contributed by atoms with Gasteiger partial charge in [0.05, 0.1) is 12.1 Å². The summed E-state index contributed by atoms with van der Waals surface area (Å²) in [6.07, 6.45) is 3.26. The molecule has 0 saturated carbocycles. The molecule has 2 rings (SSSR count). The first kappa shape index (κ1) is 12.6. The van der Waals surface area contributed by atoms with Crippen molar-refractivity contribution in [3.05, 3.63) is 48.0 Å². The van der Waals surface area contributed by atoms with Gasteiger partial charge in [0.15, 0.2) is 0 Å². The lowest BCUT2D eigenvalue weighted by Crippen LogP contribution is -2.28. The number of urea groups is 1. The number of carboxylic acid groups (broad SMARTS) is 1. The number of H-pyrrole nitrogens is 1. The number of aromatic amines is 1. The van der Waals surface area contributed by atoms with Crippen LogP contribution in [0.5, 0.6) is 0 Å². The molecule has 1 aromatic carbocycles. The van der Waals surface area contributed by atoms with E-state index < -0.39 is 5.97 Å². The van der Waals surface area contributed by atoms with Gasteiger partial charge in [0.2, 0.25) is 0 Å². The number of anilines is 1. The molecule has 19 heavy (non-hydrogen) atoms. The third-order valence-electron chi connectivity index (χ3n) is 2.36. The first-order chi connectivity index (χ1) is 9.15. The molecular weight excluding hydrogens is 248 g/mol. The van der Waals surface area contributed by atoms with Gasteiger partial charge >= 0.3 is 12.0 Å². The maximum Gasteiger partial charge on any atom is 0.335 e. The Morgan fingerprint density at radius 1 is 1.26 bits per heavy atom. The molecule has 0 aliphatic heterocycles. The average molecular weight is 260 g/mol. The zero-order chi connectivity index (χ0) is 13.7. The number of nitrogens with one attached hydrogen (secondary N) is 3. The third kappa shape index (κ3) is 3.56. The van der Waals surface area contributed by atoms with Crippen LogP contribution >= 0.6 is 0 Å². The van der Waals surface area contributed by atoms with Gasteiger partial charge < -0.3 is 20.7 Å². The van der Waals surface area contributed by atoms with E-state index in [1.807, 2.05) is 0 Å². The molecule has 7 nitrogen and oxygen atoms in total. The third-order valence-corrected chi connectivity index (χ3v) is 2.36. The van der Waals surface area contributed by atoms with E-state index >= 15 is 0 Å². The molecule has 1 heterocycles. The Morgan fingerprint density at radius 3 is 2.58 bits per heavy atom. The molecule has 0 aliphatic carbocycles. The molecule has 2 amide bonds. The van der Waals surface area contributed by atoms with Gasteiger partial charge in [-0.25, -0.2) is 14.6 Å². The molecule has 0 unspecified atom stereocenters. The molecular formula is C12H12N4O3. The van der Waals surface area contributed by atoms with Crippen molar-refractivity contribution < 1.29 is 14.7 Å². The van der Waals surface area contributed by atoms with Crippen molar-refractivity contribution in [1.29, 1.82) is 0 Å². The van der Waals surface area contributed by atoms with Gasteiger partial charge in [0.1, 0.15) is 5.82 Å². The fraction of sp³-hybridized carbons (Fsp3) is 0.0833. The number of carboxylic acids is 1. The van der Waals surface area contributed by atoms with E-state index in [2.05, 4.69) is 20.6 Å². The minimum absolute atomic E-state index is 0.168. The molecule has 0 fully saturated rings. The Hall–Kier alpha value is -2.83. The Morgan fingerprint density at radius 2 is 2.00 bits per heavy atom. The van der Waals surface area contributed by atoms with Crippen LogP contribution in [0.2, 0.25) is 0 Å². The largest absolute Gasteiger partial charge is 0.478 e. The quantitative estimate of drug-likeness (QED) is 0.667. The number of hydrogen-bond donors (Lipinski definition) is 4. The molecule has 0 spiro atoms. The van der Waals surface area contributed by atoms with Gasteiger partial charge in [-0.3, -0.25) is 0 Å². The highest BCUT2D eigenvalue weighted by Gasteiger charge is 2.04. The maximum atomic E-state index is 11.5. The monoisotopic (exact) mass is 260 g/mol. The fourth-order valence-electron chi connectivity index (χ4n) is 1.43. The van der Waals surface area contributed by atoms with Crippen molar-refractivity contribution in [2.45, 2.75) is 6.54 Å². The summed E-state index contributed by atoms with van der Waals surface area (Å²) in [6, 6.07) is 5.50. The Labute approximate surface area is 108 Å². The lowest BCUT2D eigenvalue weighted by molar-refractivity contribution is 0.0697. The second-order valence-electron chi connectivity index (χ2n) is 3.73. The first-order valence-electron chi connectivity index (χ1n) is 5.51. The number of carbonyl (C=O) groups is 2. The summed E-state index contributed by atoms with van der Waals surface area (Å²) in [6.45, 7) is 0.284. The Bertz CT molecular complexity index is 563. The molecule has 98 valence electrons. The Kier molecular flexibility index (Phi) is 3.77. The lowest BCUT2D eigenvalue weighted by Gasteiger charge is -2.06. The predicted octanol–water partition coefficient (Wildman–Crippen LogP) is 1.43. The van der Waals surface area contributed by atoms with Crippen LogP contribution in [0.4, 0.5) is 10.5 Å². The van der Waals surface area contributed by atoms with E-state index in [1.54, 1.807) is 12.4 Å². The van der Waals surface area contributed by atoms with Gasteiger partial charge in [-0.15, -0.1) is 0 Å². The van der Waals surface area contributed by atoms with Gasteiger partial charge in [0.25, 0.3) is 0 Å². The summed E-state index contributed by atoms with van der Waals surface area (Å²) in [5, 5.41) is 13.9. The number of amides is 2. The van der Waals surface area contributed by atoms with Crippen molar-refractivity contribution in [2.24, 2.45) is 0 Å². The number of aromatic nitrogens is 2. The highest BCUT2D eigenvalue weighted by molar-refractivity contribution is 5.91. The van der Waals surface area contributed by atoms with E-state index in [9.17, 15) is 9.59 Å². The van der Waals surface area contributed by atoms with Gasteiger partial charge in [-0.1, -0.05) is 0 Å². The van der Waals surface area contributed by atoms with Crippen molar-refractivity contribution in [3.63, 3.8) is 0 Å². The summed E-state index contributed by atoms with van der Waals surface area (Å²) < 4.78 is 0. The van der Waals surface area contributed by atoms with Crippen molar-refractivity contribution in [1.82, 2.24) is 15.3 Å². The van der Waals surface area contributed by atoms with E-state index in [0.717, 1.165) is 0 Å². The van der Waals surface area contributed by atoms with Crippen molar-refractivity contribution in [3.8, 4) is 0 Å². The summed E-state index contributed by atoms with van der Waals surface area (Å²) in [7, 11) is 0. The van der Waals surface area contributed by atoms with Gasteiger partial charge in [0, 0.05) is 18.1 Å². The average Bonchev–Trinajstić information content (AvgIpc) is 2.90. The van der Waals surface area contributed by atoms with Crippen LogP contribution in [-0.4, -0.2) is 27.1 Å². The number of rotatable bonds is 4. The van der Waals surface area contributed by atoms with Crippen LogP contribution in [0.25, 0.3) is 0 Å². The fourth-order valence-corrected chi connectivity index (χ4v) is 1.43. The topological polar surface area (TPSA) is 107 Å². The number of imidazole rings is 1. The molecule has 0 saturated heterocycles. The molecule has 7 heteroatoms. The summed E-state index contributed by atoms with van der Waals surface area (Å²) in [5.74, 6) is -0.356. The van der Waals surface area contributed by atoms with E-state index in [4.69, 9.17) is 5.11 Å². The zero-order valence-electron chi connectivity index (χ0n) is 9.88. The first-order valence-corrected chi connectivity index (χ1v) is 5.51. The number of hydrogen-bond acceptors (Lipinski definition) is 3. The zero-order valence-corrected chi connectivity index (χ0v) is 9.88. The smallest absolute Gasteiger partial charge is 0.335 e. The summed E-state index contributed by atoms with van der Waals surface area (Å²) in [4.78, 5) is 29.0. The van der Waals surface area contributed by atoms with E-state index in [1.165, 1.54) is 24.3 Å². The Balaban J connectivity index is 1.86. The van der Waals surface area contributed by atoms with E-state index in [0.29, 0.717) is 11.5 Å². The second kappa shape index (κ2) is 5.67. The number of nitrogens with zero attached hydrogens (tertiary/aromatic N) is 1. The summed E-state index contributed by atoms with van der Waals surface area (Å²) in [5.41, 5.74) is 0.684. The number of aromatic carboxylic acids is 1. The van der Waals surface area contributed by atoms with Crippen LogP contribution in [0.3, 0.4) is 0 Å². The molecule has 0 radical (unpaired) electrons. The molecule has 0 bridgehead atoms. The molecule has 4 N–H and O–H groups in total. The minimum atomic E-state index is -1.01. The number of carbonyl (C=O) groups excluding carboxylic acids is 1. The lowest BCUT2D eigenvalue weighted by atomic mass is 10.2. The van der Waals surface area contributed by atoms with Crippen LogP contribution in [0, 0.1) is 0 Å². The maximum absolute atomic E-state index is 11.5. The SMILES string of the molecule is O=C(NCc1ncc[nH]1)Nc1ccc(C(=O)O)cc1. The molecule has 1 aromatic heterocycles. The second-order valence-corrected chi connectivity index (χ2v) is 3.73. The van der Waals surface area contributed by atoms with Gasteiger partial charge in [-0.2, -0.15) is 0 Å². The number of benzene rings is 1. The predicted molar refractivity (Wildman–Crippen MR) is 67.8 cm³/mol. The molecule has 2 aromatic rings. The van der Waals surface area contributed by atoms with Crippen molar-refractivity contribution in [2.75, 3.05) is 5.32 Å². The highest BCUT2D eigenvalue weighted by atomic mass is 16.4.